The number of halogens is 2. The Labute approximate surface area is 349 Å². The van der Waals surface area contributed by atoms with Crippen LogP contribution in [-0.4, -0.2) is 22.8 Å². The summed E-state index contributed by atoms with van der Waals surface area (Å²) in [5, 5.41) is 10.4. The van der Waals surface area contributed by atoms with Crippen molar-refractivity contribution in [1.29, 1.82) is 0 Å². The minimum absolute atomic E-state index is 0. The van der Waals surface area contributed by atoms with Gasteiger partial charge in [-0.1, -0.05) is 36.4 Å². The van der Waals surface area contributed by atoms with Gasteiger partial charge in [0.15, 0.2) is 17.3 Å². The van der Waals surface area contributed by atoms with Gasteiger partial charge in [-0.2, -0.15) is 13.5 Å². The van der Waals surface area contributed by atoms with E-state index in [1.807, 2.05) is 0 Å². The van der Waals surface area contributed by atoms with E-state index in [1.165, 1.54) is 48.5 Å². The van der Waals surface area contributed by atoms with Crippen LogP contribution in [0.1, 0.15) is 34.7 Å². The van der Waals surface area contributed by atoms with Crippen molar-refractivity contribution in [3.8, 4) is 28.4 Å². The average molecular weight is 699 g/mol. The predicted molar refractivity (Wildman–Crippen MR) is 176 cm³/mol. The number of ketones is 2. The zero-order valence-electron chi connectivity index (χ0n) is 27.9. The van der Waals surface area contributed by atoms with Gasteiger partial charge in [-0.3, -0.25) is 9.59 Å². The molecule has 0 fully saturated rings. The van der Waals surface area contributed by atoms with E-state index in [0.29, 0.717) is 16.3 Å². The third-order valence-corrected chi connectivity index (χ3v) is 7.13. The Morgan fingerprint density at radius 1 is 0.583 bits per heavy atom. The molecule has 1 N–H and O–H groups in total. The Kier molecular flexibility index (Phi) is 14.3. The van der Waals surface area contributed by atoms with E-state index in [1.54, 1.807) is 66.7 Å². The molecule has 0 aliphatic carbocycles. The number of carbonyl (C=O) groups excluding carboxylic acids is 3. The molecule has 0 saturated carbocycles. The molecule has 0 aromatic heterocycles. The molecule has 0 saturated heterocycles. The minimum Gasteiger partial charge on any atom is -1.00 e. The number of phenols is 1. The summed E-state index contributed by atoms with van der Waals surface area (Å²) in [5.74, 6) is -1.63. The van der Waals surface area contributed by atoms with Gasteiger partial charge in [-0.15, -0.1) is 0 Å². The molecule has 6 aromatic carbocycles. The van der Waals surface area contributed by atoms with Gasteiger partial charge in [0.25, 0.3) is 0 Å². The van der Waals surface area contributed by atoms with Crippen molar-refractivity contribution in [2.45, 2.75) is 0 Å². The third kappa shape index (κ3) is 9.09. The topological polar surface area (TPSA) is 89.9 Å². The third-order valence-electron chi connectivity index (χ3n) is 7.13. The number of hydrogen-bond donors (Lipinski definition) is 1. The summed E-state index contributed by atoms with van der Waals surface area (Å²) in [7, 11) is 0. The number of rotatable bonds is 7. The normalized spacial score (nSPS) is 10.1. The van der Waals surface area contributed by atoms with Gasteiger partial charge in [0.05, 0.1) is 5.56 Å². The van der Waals surface area contributed by atoms with Crippen molar-refractivity contribution in [3.05, 3.63) is 161 Å². The summed E-state index contributed by atoms with van der Waals surface area (Å²) in [6, 6.07) is 31.0. The zero-order valence-corrected chi connectivity index (χ0v) is 32.0. The quantitative estimate of drug-likeness (QED) is 0.120. The van der Waals surface area contributed by atoms with Crippen LogP contribution < -0.4 is 90.4 Å². The van der Waals surface area contributed by atoms with E-state index in [2.05, 4.69) is 0 Å². The Bertz CT molecular complexity index is 2090. The fraction of sp³-hybridized carbons (Fsp3) is 0. The maximum absolute atomic E-state index is 13.5. The number of carbonyl (C=O) groups is 3. The van der Waals surface area contributed by atoms with Crippen molar-refractivity contribution < 1.29 is 122 Å². The Balaban J connectivity index is 0.00000250. The molecule has 232 valence electrons. The molecule has 0 aliphatic heterocycles. The van der Waals surface area contributed by atoms with Crippen molar-refractivity contribution in [1.82, 2.24) is 0 Å². The molecule has 6 rings (SSSR count). The fourth-order valence-electron chi connectivity index (χ4n) is 4.83. The van der Waals surface area contributed by atoms with E-state index in [0.717, 1.165) is 23.3 Å². The first-order chi connectivity index (χ1) is 21.7. The minimum atomic E-state index is -1.11. The van der Waals surface area contributed by atoms with Crippen LogP contribution in [0.4, 0.5) is 13.6 Å². The Morgan fingerprint density at radius 2 is 1.08 bits per heavy atom. The number of hydrogen-bond acceptors (Lipinski definition) is 6. The van der Waals surface area contributed by atoms with Crippen molar-refractivity contribution in [2.75, 3.05) is 0 Å². The van der Waals surface area contributed by atoms with Gasteiger partial charge in [-0.25, -0.2) is 13.6 Å². The van der Waals surface area contributed by atoms with Crippen LogP contribution in [0.3, 0.4) is 0 Å². The number of phenolic OH excluding ortho intramolecular Hbond substituents is 1. The maximum Gasteiger partial charge on any atom is 1.00 e. The second-order valence-corrected chi connectivity index (χ2v) is 10.1. The number of aromatic hydroxyl groups is 1. The predicted octanol–water partition coefficient (Wildman–Crippen LogP) is 2.88. The Morgan fingerprint density at radius 3 is 1.65 bits per heavy atom. The summed E-state index contributed by atoms with van der Waals surface area (Å²) in [6.45, 7) is 0. The van der Waals surface area contributed by atoms with Gasteiger partial charge < -0.3 is 17.4 Å². The molecule has 0 amide bonds. The van der Waals surface area contributed by atoms with Crippen LogP contribution in [0.15, 0.2) is 127 Å². The van der Waals surface area contributed by atoms with Crippen LogP contribution in [0.25, 0.3) is 21.9 Å². The maximum atomic E-state index is 13.5. The fourth-order valence-corrected chi connectivity index (χ4v) is 4.83. The van der Waals surface area contributed by atoms with E-state index in [4.69, 9.17) is 9.47 Å². The molecule has 0 heterocycles. The average Bonchev–Trinajstić information content (AvgIpc) is 3.05. The van der Waals surface area contributed by atoms with Crippen LogP contribution >= 0.6 is 13.5 Å². The zero-order chi connectivity index (χ0) is 31.5. The molecule has 6 nitrogen and oxygen atoms in total. The molecular weight excluding hydrogens is 673 g/mol. The molecule has 0 aliphatic rings. The van der Waals surface area contributed by atoms with E-state index in [9.17, 15) is 28.3 Å². The van der Waals surface area contributed by atoms with Gasteiger partial charge in [0.1, 0.15) is 23.1 Å². The number of fused-ring (bicyclic) bond motifs is 1. The first-order valence-electron chi connectivity index (χ1n) is 13.7. The largest absolute Gasteiger partial charge is 1.00 e. The summed E-state index contributed by atoms with van der Waals surface area (Å²) < 4.78 is 38.0. The molecule has 6 aromatic rings. The van der Waals surface area contributed by atoms with Gasteiger partial charge in [-0.05, 0) is 108 Å². The summed E-state index contributed by atoms with van der Waals surface area (Å²) in [4.78, 5) is 39.6. The summed E-state index contributed by atoms with van der Waals surface area (Å²) in [5.41, 5.74) is 2.44. The van der Waals surface area contributed by atoms with Crippen molar-refractivity contribution >= 4 is 42.0 Å². The van der Waals surface area contributed by atoms with E-state index in [-0.39, 0.29) is 137 Å². The first kappa shape index (κ1) is 39.3. The van der Waals surface area contributed by atoms with Gasteiger partial charge >= 0.3 is 87.1 Å². The van der Waals surface area contributed by atoms with Crippen molar-refractivity contribution in [2.24, 2.45) is 0 Å². The molecule has 0 unspecified atom stereocenters. The molecule has 0 spiro atoms. The van der Waals surface area contributed by atoms with Crippen LogP contribution in [-0.2, 0) is 0 Å². The van der Waals surface area contributed by atoms with Crippen LogP contribution in [0, 0.1) is 11.6 Å². The SMILES string of the molecule is O=C(Oc1ccc(-c2ccc(O)cc2)cc1)Oc1c(C(=O)c2ccc(F)cc2)ccc2cc(C(=O)c3ccc(F)cc3)ccc12.S.[H-].[H-].[K+].[Na+]. The van der Waals surface area contributed by atoms with Crippen LogP contribution in [0.2, 0.25) is 0 Å². The standard InChI is InChI=1S/C37H22F2O6.K.Na.H2S.2H/c38-28-11-1-24(2-12-28)34(41)27-10-19-32-26(21-27)9-20-33(35(42)25-3-13-29(39)14-4-25)36(32)45-37(43)44-31-17-7-23(8-18-31)22-5-15-30(40)16-6-22;;;;;/h1-21,40H;;;1H2;;/q;2*+1;;2*-1. The van der Waals surface area contributed by atoms with Gasteiger partial charge in [0.2, 0.25) is 0 Å². The smallest absolute Gasteiger partial charge is 1.00 e. The summed E-state index contributed by atoms with van der Waals surface area (Å²) >= 11 is 0. The monoisotopic (exact) mass is 698 g/mol. The molecular formula is C37H26F2KNaO6S. The molecule has 48 heavy (non-hydrogen) atoms. The molecule has 0 atom stereocenters. The molecule has 11 heteroatoms. The number of ether oxygens (including phenoxy) is 2. The second kappa shape index (κ2) is 17.5. The van der Waals surface area contributed by atoms with E-state index < -0.39 is 23.6 Å². The Hall–Kier alpha value is -3.16. The van der Waals surface area contributed by atoms with Crippen LogP contribution in [0.5, 0.6) is 17.2 Å². The van der Waals surface area contributed by atoms with E-state index >= 15 is 0 Å². The summed E-state index contributed by atoms with van der Waals surface area (Å²) in [6.07, 6.45) is -1.11. The van der Waals surface area contributed by atoms with Crippen molar-refractivity contribution in [3.63, 3.8) is 0 Å². The molecule has 0 bridgehead atoms. The van der Waals surface area contributed by atoms with Gasteiger partial charge in [0, 0.05) is 22.1 Å². The first-order valence-corrected chi connectivity index (χ1v) is 13.7. The number of benzene rings is 6. The molecule has 0 radical (unpaired) electrons. The second-order valence-electron chi connectivity index (χ2n) is 10.1.